The fourth-order valence-electron chi connectivity index (χ4n) is 2.60. The molecule has 0 radical (unpaired) electrons. The first-order valence-electron chi connectivity index (χ1n) is 6.93. The summed E-state index contributed by atoms with van der Waals surface area (Å²) in [4.78, 5) is 0. The molecule has 1 N–H and O–H groups in total. The lowest BCUT2D eigenvalue weighted by atomic mass is 9.96. The smallest absolute Gasteiger partial charge is 0.0637 e. The second-order valence-electron chi connectivity index (χ2n) is 5.14. The van der Waals surface area contributed by atoms with E-state index < -0.39 is 0 Å². The Balaban J connectivity index is 0.00000180. The average molecular weight is 323 g/mol. The number of rotatable bonds is 3. The summed E-state index contributed by atoms with van der Waals surface area (Å²) in [6, 6.07) is 6.48. The first-order chi connectivity index (χ1) is 8.77. The minimum absolute atomic E-state index is 0. The van der Waals surface area contributed by atoms with Crippen LogP contribution in [0.25, 0.3) is 0 Å². The molecule has 1 nitrogen and oxygen atoms in total. The van der Waals surface area contributed by atoms with E-state index in [1.165, 1.54) is 44.9 Å². The van der Waals surface area contributed by atoms with Crippen LogP contribution in [0.5, 0.6) is 0 Å². The first-order valence-corrected chi connectivity index (χ1v) is 7.69. The van der Waals surface area contributed by atoms with Crippen molar-refractivity contribution < 1.29 is 0 Å². The maximum atomic E-state index is 6.20. The Kier molecular flexibility index (Phi) is 8.17. The highest BCUT2D eigenvalue weighted by Crippen LogP contribution is 2.26. The van der Waals surface area contributed by atoms with Gasteiger partial charge in [0.15, 0.2) is 0 Å². The molecular formula is C15H22Cl3N. The fraction of sp³-hybridized carbons (Fsp3) is 0.600. The Hall–Kier alpha value is 0.0500. The van der Waals surface area contributed by atoms with Crippen LogP contribution in [0.4, 0.5) is 0 Å². The SMILES string of the molecule is Cl.Clc1cccc(CNC2CCCCCCC2)c1Cl. The van der Waals surface area contributed by atoms with E-state index >= 15 is 0 Å². The third-order valence-electron chi connectivity index (χ3n) is 3.72. The zero-order chi connectivity index (χ0) is 12.8. The van der Waals surface area contributed by atoms with Crippen molar-refractivity contribution in [2.24, 2.45) is 0 Å². The van der Waals surface area contributed by atoms with Gasteiger partial charge in [-0.05, 0) is 24.5 Å². The quantitative estimate of drug-likeness (QED) is 0.761. The Morgan fingerprint density at radius 2 is 1.63 bits per heavy atom. The van der Waals surface area contributed by atoms with E-state index in [0.717, 1.165) is 12.1 Å². The number of hydrogen-bond acceptors (Lipinski definition) is 1. The number of hydrogen-bond donors (Lipinski definition) is 1. The summed E-state index contributed by atoms with van der Waals surface area (Å²) in [6.07, 6.45) is 9.46. The van der Waals surface area contributed by atoms with Gasteiger partial charge in [-0.3, -0.25) is 0 Å². The van der Waals surface area contributed by atoms with Gasteiger partial charge in [0.2, 0.25) is 0 Å². The number of nitrogens with one attached hydrogen (secondary N) is 1. The Morgan fingerprint density at radius 1 is 1.00 bits per heavy atom. The zero-order valence-corrected chi connectivity index (χ0v) is 13.5. The summed E-state index contributed by atoms with van der Waals surface area (Å²) in [5.74, 6) is 0. The molecular weight excluding hydrogens is 301 g/mol. The highest BCUT2D eigenvalue weighted by molar-refractivity contribution is 6.42. The summed E-state index contributed by atoms with van der Waals surface area (Å²) < 4.78 is 0. The molecule has 0 bridgehead atoms. The predicted molar refractivity (Wildman–Crippen MR) is 86.7 cm³/mol. The number of benzene rings is 1. The minimum atomic E-state index is 0. The van der Waals surface area contributed by atoms with Gasteiger partial charge in [0, 0.05) is 12.6 Å². The van der Waals surface area contributed by atoms with Crippen LogP contribution in [0, 0.1) is 0 Å². The Bertz CT molecular complexity index is 374. The molecule has 1 fully saturated rings. The lowest BCUT2D eigenvalue weighted by Gasteiger charge is -2.21. The zero-order valence-electron chi connectivity index (χ0n) is 11.1. The van der Waals surface area contributed by atoms with Gasteiger partial charge in [0.05, 0.1) is 10.0 Å². The molecule has 0 spiro atoms. The van der Waals surface area contributed by atoms with Gasteiger partial charge < -0.3 is 5.32 Å². The topological polar surface area (TPSA) is 12.0 Å². The van der Waals surface area contributed by atoms with Gasteiger partial charge in [-0.2, -0.15) is 0 Å². The summed E-state index contributed by atoms with van der Waals surface area (Å²) in [5.41, 5.74) is 1.10. The largest absolute Gasteiger partial charge is 0.310 e. The first kappa shape index (κ1) is 17.1. The van der Waals surface area contributed by atoms with Crippen molar-refractivity contribution >= 4 is 35.6 Å². The standard InChI is InChI=1S/C15H21Cl2N.ClH/c16-14-10-6-7-12(15(14)17)11-18-13-8-4-2-1-3-5-9-13;/h6-7,10,13,18H,1-5,8-9,11H2;1H. The van der Waals surface area contributed by atoms with Gasteiger partial charge in [-0.1, -0.05) is 67.4 Å². The van der Waals surface area contributed by atoms with Crippen molar-refractivity contribution in [3.05, 3.63) is 33.8 Å². The molecule has 1 aromatic carbocycles. The van der Waals surface area contributed by atoms with Gasteiger partial charge in [0.25, 0.3) is 0 Å². The lowest BCUT2D eigenvalue weighted by molar-refractivity contribution is 0.389. The van der Waals surface area contributed by atoms with Crippen LogP contribution >= 0.6 is 35.6 Å². The van der Waals surface area contributed by atoms with Crippen molar-refractivity contribution in [1.29, 1.82) is 0 Å². The van der Waals surface area contributed by atoms with E-state index in [9.17, 15) is 0 Å². The molecule has 1 saturated carbocycles. The molecule has 0 heterocycles. The summed E-state index contributed by atoms with van der Waals surface area (Å²) in [7, 11) is 0. The van der Waals surface area contributed by atoms with Crippen LogP contribution in [0.2, 0.25) is 10.0 Å². The van der Waals surface area contributed by atoms with Gasteiger partial charge in [0.1, 0.15) is 0 Å². The molecule has 2 rings (SSSR count). The van der Waals surface area contributed by atoms with Crippen LogP contribution < -0.4 is 5.32 Å². The van der Waals surface area contributed by atoms with Crippen molar-refractivity contribution in [3.8, 4) is 0 Å². The van der Waals surface area contributed by atoms with E-state index in [1.54, 1.807) is 0 Å². The molecule has 19 heavy (non-hydrogen) atoms. The molecule has 0 atom stereocenters. The monoisotopic (exact) mass is 321 g/mol. The molecule has 0 saturated heterocycles. The fourth-order valence-corrected chi connectivity index (χ4v) is 2.99. The Morgan fingerprint density at radius 3 is 2.32 bits per heavy atom. The highest BCUT2D eigenvalue weighted by atomic mass is 35.5. The van der Waals surface area contributed by atoms with Crippen LogP contribution in [-0.4, -0.2) is 6.04 Å². The Labute approximate surface area is 132 Å². The second-order valence-corrected chi connectivity index (χ2v) is 5.92. The van der Waals surface area contributed by atoms with Crippen molar-refractivity contribution in [2.45, 2.75) is 57.5 Å². The molecule has 1 aromatic rings. The van der Waals surface area contributed by atoms with Gasteiger partial charge in [-0.15, -0.1) is 12.4 Å². The third kappa shape index (κ3) is 5.51. The molecule has 108 valence electrons. The van der Waals surface area contributed by atoms with Gasteiger partial charge in [-0.25, -0.2) is 0 Å². The van der Waals surface area contributed by atoms with Crippen LogP contribution in [0.15, 0.2) is 18.2 Å². The number of halogens is 3. The van der Waals surface area contributed by atoms with Crippen molar-refractivity contribution in [3.63, 3.8) is 0 Å². The van der Waals surface area contributed by atoms with Gasteiger partial charge >= 0.3 is 0 Å². The molecule has 0 aromatic heterocycles. The van der Waals surface area contributed by atoms with Crippen molar-refractivity contribution in [1.82, 2.24) is 5.32 Å². The summed E-state index contributed by atoms with van der Waals surface area (Å²) in [6.45, 7) is 0.823. The molecule has 0 unspecified atom stereocenters. The van der Waals surface area contributed by atoms with E-state index in [4.69, 9.17) is 23.2 Å². The summed E-state index contributed by atoms with van der Waals surface area (Å²) >= 11 is 12.2. The second kappa shape index (κ2) is 9.07. The molecule has 4 heteroatoms. The van der Waals surface area contributed by atoms with Crippen LogP contribution in [0.1, 0.15) is 50.5 Å². The van der Waals surface area contributed by atoms with E-state index in [2.05, 4.69) is 5.32 Å². The summed E-state index contributed by atoms with van der Waals surface area (Å²) in [5, 5.41) is 4.97. The molecule has 1 aliphatic rings. The maximum absolute atomic E-state index is 6.20. The normalized spacial score (nSPS) is 17.4. The van der Waals surface area contributed by atoms with E-state index in [1.807, 2.05) is 18.2 Å². The molecule has 0 amide bonds. The molecule has 0 aliphatic heterocycles. The maximum Gasteiger partial charge on any atom is 0.0637 e. The lowest BCUT2D eigenvalue weighted by Crippen LogP contribution is -2.29. The minimum Gasteiger partial charge on any atom is -0.310 e. The predicted octanol–water partition coefficient (Wildman–Crippen LogP) is 5.62. The van der Waals surface area contributed by atoms with E-state index in [0.29, 0.717) is 16.1 Å². The highest BCUT2D eigenvalue weighted by Gasteiger charge is 2.11. The van der Waals surface area contributed by atoms with Crippen LogP contribution in [-0.2, 0) is 6.54 Å². The van der Waals surface area contributed by atoms with Crippen molar-refractivity contribution in [2.75, 3.05) is 0 Å². The third-order valence-corrected chi connectivity index (χ3v) is 4.58. The average Bonchev–Trinajstić information content (AvgIpc) is 2.32. The molecule has 1 aliphatic carbocycles. The van der Waals surface area contributed by atoms with Crippen LogP contribution in [0.3, 0.4) is 0 Å². The van der Waals surface area contributed by atoms with E-state index in [-0.39, 0.29) is 12.4 Å².